The Labute approximate surface area is 159 Å². The van der Waals surface area contributed by atoms with E-state index in [2.05, 4.69) is 5.32 Å². The molecule has 1 aliphatic heterocycles. The van der Waals surface area contributed by atoms with Crippen LogP contribution in [0, 0.1) is 13.8 Å². The minimum atomic E-state index is -0.372. The van der Waals surface area contributed by atoms with Gasteiger partial charge in [-0.1, -0.05) is 0 Å². The van der Waals surface area contributed by atoms with Gasteiger partial charge < -0.3 is 24.3 Å². The van der Waals surface area contributed by atoms with Crippen LogP contribution < -0.4 is 5.32 Å². The maximum absolute atomic E-state index is 12.5. The molecule has 0 radical (unpaired) electrons. The smallest absolute Gasteiger partial charge is 0.409 e. The normalized spacial score (nSPS) is 14.7. The fourth-order valence-corrected chi connectivity index (χ4v) is 3.30. The Kier molecular flexibility index (Phi) is 7.27. The Morgan fingerprint density at radius 2 is 1.74 bits per heavy atom. The molecule has 0 aliphatic carbocycles. The molecule has 27 heavy (non-hydrogen) atoms. The van der Waals surface area contributed by atoms with Crippen molar-refractivity contribution in [1.82, 2.24) is 14.8 Å². The number of amides is 2. The van der Waals surface area contributed by atoms with Gasteiger partial charge in [-0.2, -0.15) is 0 Å². The van der Waals surface area contributed by atoms with Crippen molar-refractivity contribution in [3.05, 3.63) is 23.0 Å². The number of piperidine rings is 1. The molecule has 8 nitrogen and oxygen atoms in total. The summed E-state index contributed by atoms with van der Waals surface area (Å²) in [4.78, 5) is 37.8. The van der Waals surface area contributed by atoms with Crippen molar-refractivity contribution < 1.29 is 23.9 Å². The number of aromatic nitrogens is 1. The number of hydrogen-bond donors (Lipinski definition) is 1. The first kappa shape index (κ1) is 20.8. The molecule has 1 aromatic heterocycles. The molecule has 1 aromatic rings. The van der Waals surface area contributed by atoms with Gasteiger partial charge in [-0.3, -0.25) is 4.79 Å². The van der Waals surface area contributed by atoms with Crippen molar-refractivity contribution in [2.45, 2.75) is 53.1 Å². The number of likely N-dealkylation sites (tertiary alicyclic amines) is 1. The molecule has 150 valence electrons. The number of aryl methyl sites for hydroxylation is 1. The standard InChI is InChI=1S/C19H29N3O5/c1-5-26-18(24)16-11-13(3)22(14(16)4)12-17(23)20-15-7-9-21(10-8-15)19(25)27-6-2/h11,15H,5-10,12H2,1-4H3,(H,20,23). The molecule has 0 spiro atoms. The zero-order chi connectivity index (χ0) is 20.0. The van der Waals surface area contributed by atoms with Crippen LogP contribution in [-0.4, -0.2) is 59.8 Å². The van der Waals surface area contributed by atoms with E-state index in [1.54, 1.807) is 24.8 Å². The quantitative estimate of drug-likeness (QED) is 0.764. The third-order valence-electron chi connectivity index (χ3n) is 4.76. The summed E-state index contributed by atoms with van der Waals surface area (Å²) in [6, 6.07) is 1.78. The van der Waals surface area contributed by atoms with E-state index in [-0.39, 0.29) is 30.6 Å². The van der Waals surface area contributed by atoms with Gasteiger partial charge in [-0.15, -0.1) is 0 Å². The van der Waals surface area contributed by atoms with Crippen LogP contribution in [0.5, 0.6) is 0 Å². The summed E-state index contributed by atoms with van der Waals surface area (Å²) in [5, 5.41) is 3.02. The molecule has 2 heterocycles. The summed E-state index contributed by atoms with van der Waals surface area (Å²) in [7, 11) is 0. The first-order valence-corrected chi connectivity index (χ1v) is 9.42. The van der Waals surface area contributed by atoms with E-state index in [1.807, 2.05) is 18.4 Å². The van der Waals surface area contributed by atoms with Crippen molar-refractivity contribution in [3.63, 3.8) is 0 Å². The van der Waals surface area contributed by atoms with Gasteiger partial charge in [0.2, 0.25) is 5.91 Å². The van der Waals surface area contributed by atoms with Gasteiger partial charge in [0.1, 0.15) is 6.54 Å². The highest BCUT2D eigenvalue weighted by molar-refractivity contribution is 5.91. The average Bonchev–Trinajstić information content (AvgIpc) is 2.91. The van der Waals surface area contributed by atoms with Gasteiger partial charge in [0.05, 0.1) is 18.8 Å². The largest absolute Gasteiger partial charge is 0.462 e. The summed E-state index contributed by atoms with van der Waals surface area (Å²) in [5.41, 5.74) is 2.05. The van der Waals surface area contributed by atoms with Crippen LogP contribution in [0.3, 0.4) is 0 Å². The van der Waals surface area contributed by atoms with Crippen molar-refractivity contribution >= 4 is 18.0 Å². The SMILES string of the molecule is CCOC(=O)c1cc(C)n(CC(=O)NC2CCN(C(=O)OCC)CC2)c1C. The Morgan fingerprint density at radius 3 is 2.33 bits per heavy atom. The lowest BCUT2D eigenvalue weighted by Gasteiger charge is -2.31. The van der Waals surface area contributed by atoms with Crippen molar-refractivity contribution in [2.75, 3.05) is 26.3 Å². The molecule has 0 aromatic carbocycles. The Balaban J connectivity index is 1.90. The lowest BCUT2D eigenvalue weighted by molar-refractivity contribution is -0.122. The second kappa shape index (κ2) is 9.43. The van der Waals surface area contributed by atoms with Crippen molar-refractivity contribution in [2.24, 2.45) is 0 Å². The van der Waals surface area contributed by atoms with Gasteiger partial charge in [-0.05, 0) is 46.6 Å². The molecule has 8 heteroatoms. The topological polar surface area (TPSA) is 89.9 Å². The van der Waals surface area contributed by atoms with Crippen LogP contribution in [0.25, 0.3) is 0 Å². The third-order valence-corrected chi connectivity index (χ3v) is 4.76. The van der Waals surface area contributed by atoms with Crippen LogP contribution in [0.4, 0.5) is 4.79 Å². The number of carbonyl (C=O) groups excluding carboxylic acids is 3. The Morgan fingerprint density at radius 1 is 1.11 bits per heavy atom. The third kappa shape index (κ3) is 5.24. The number of esters is 1. The van der Waals surface area contributed by atoms with E-state index in [9.17, 15) is 14.4 Å². The zero-order valence-corrected chi connectivity index (χ0v) is 16.5. The van der Waals surface area contributed by atoms with E-state index >= 15 is 0 Å². The van der Waals surface area contributed by atoms with Gasteiger partial charge in [0.25, 0.3) is 0 Å². The van der Waals surface area contributed by atoms with Crippen LogP contribution in [0.1, 0.15) is 48.4 Å². The fraction of sp³-hybridized carbons (Fsp3) is 0.632. The van der Waals surface area contributed by atoms with E-state index in [0.717, 1.165) is 11.4 Å². The molecule has 0 saturated carbocycles. The maximum atomic E-state index is 12.5. The van der Waals surface area contributed by atoms with Crippen LogP contribution in [0.2, 0.25) is 0 Å². The van der Waals surface area contributed by atoms with E-state index < -0.39 is 0 Å². The number of ether oxygens (including phenoxy) is 2. The predicted octanol–water partition coefficient (Wildman–Crippen LogP) is 2.02. The summed E-state index contributed by atoms with van der Waals surface area (Å²) in [6.07, 6.45) is 1.09. The van der Waals surface area contributed by atoms with Gasteiger partial charge in [-0.25, -0.2) is 9.59 Å². The van der Waals surface area contributed by atoms with Crippen molar-refractivity contribution in [3.8, 4) is 0 Å². The predicted molar refractivity (Wildman–Crippen MR) is 99.6 cm³/mol. The second-order valence-corrected chi connectivity index (χ2v) is 6.62. The number of carbonyl (C=O) groups is 3. The molecule has 1 fully saturated rings. The highest BCUT2D eigenvalue weighted by Crippen LogP contribution is 2.17. The van der Waals surface area contributed by atoms with Gasteiger partial charge >= 0.3 is 12.1 Å². The van der Waals surface area contributed by atoms with E-state index in [4.69, 9.17) is 9.47 Å². The Bertz CT molecular complexity index is 690. The fourth-order valence-electron chi connectivity index (χ4n) is 3.30. The summed E-state index contributed by atoms with van der Waals surface area (Å²) < 4.78 is 11.9. The molecule has 0 bridgehead atoms. The molecule has 0 unspecified atom stereocenters. The minimum absolute atomic E-state index is 0.0314. The minimum Gasteiger partial charge on any atom is -0.462 e. The van der Waals surface area contributed by atoms with Crippen LogP contribution in [0.15, 0.2) is 6.07 Å². The van der Waals surface area contributed by atoms with Gasteiger partial charge in [0.15, 0.2) is 0 Å². The summed E-state index contributed by atoms with van der Waals surface area (Å²) in [5.74, 6) is -0.481. The first-order chi connectivity index (χ1) is 12.9. The second-order valence-electron chi connectivity index (χ2n) is 6.62. The average molecular weight is 379 g/mol. The molecule has 1 aliphatic rings. The molecule has 2 amide bonds. The number of nitrogens with zero attached hydrogens (tertiary/aromatic N) is 2. The lowest BCUT2D eigenvalue weighted by Crippen LogP contribution is -2.47. The summed E-state index contributed by atoms with van der Waals surface area (Å²) >= 11 is 0. The maximum Gasteiger partial charge on any atom is 0.409 e. The molecule has 2 rings (SSSR count). The number of nitrogens with one attached hydrogen (secondary N) is 1. The van der Waals surface area contributed by atoms with E-state index in [0.29, 0.717) is 44.7 Å². The van der Waals surface area contributed by atoms with Crippen LogP contribution in [-0.2, 0) is 20.8 Å². The molecular weight excluding hydrogens is 350 g/mol. The highest BCUT2D eigenvalue weighted by Gasteiger charge is 2.25. The molecule has 1 N–H and O–H groups in total. The molecule has 0 atom stereocenters. The first-order valence-electron chi connectivity index (χ1n) is 9.42. The lowest BCUT2D eigenvalue weighted by atomic mass is 10.1. The van der Waals surface area contributed by atoms with E-state index in [1.165, 1.54) is 0 Å². The van der Waals surface area contributed by atoms with Gasteiger partial charge in [0, 0.05) is 30.5 Å². The monoisotopic (exact) mass is 379 g/mol. The van der Waals surface area contributed by atoms with Crippen LogP contribution >= 0.6 is 0 Å². The number of rotatable bonds is 6. The molecular formula is C19H29N3O5. The molecule has 1 saturated heterocycles. The summed E-state index contributed by atoms with van der Waals surface area (Å²) in [6.45, 7) is 9.17. The van der Waals surface area contributed by atoms with Crippen molar-refractivity contribution in [1.29, 1.82) is 0 Å². The number of hydrogen-bond acceptors (Lipinski definition) is 5. The highest BCUT2D eigenvalue weighted by atomic mass is 16.6. The zero-order valence-electron chi connectivity index (χ0n) is 16.5. The Hall–Kier alpha value is -2.51.